The Labute approximate surface area is 216 Å². The molecule has 36 heavy (non-hydrogen) atoms. The SMILES string of the molecule is CCOc1cc(-c2ccccc2)nn1CCOc1ccc(-c2ccc(-c3ccccc3)cc2)cc1Cl. The monoisotopic (exact) mass is 494 g/mol. The van der Waals surface area contributed by atoms with Gasteiger partial charge in [0, 0.05) is 11.6 Å². The van der Waals surface area contributed by atoms with Gasteiger partial charge in [-0.15, -0.1) is 0 Å². The van der Waals surface area contributed by atoms with Gasteiger partial charge < -0.3 is 9.47 Å². The molecule has 0 radical (unpaired) electrons. The van der Waals surface area contributed by atoms with Crippen molar-refractivity contribution in [3.63, 3.8) is 0 Å². The van der Waals surface area contributed by atoms with Crippen molar-refractivity contribution < 1.29 is 9.47 Å². The largest absolute Gasteiger partial charge is 0.490 e. The summed E-state index contributed by atoms with van der Waals surface area (Å²) in [6.45, 7) is 3.50. The lowest BCUT2D eigenvalue weighted by molar-refractivity contribution is 0.260. The van der Waals surface area contributed by atoms with Crippen molar-refractivity contribution in [3.8, 4) is 45.1 Å². The van der Waals surface area contributed by atoms with E-state index in [-0.39, 0.29) is 0 Å². The molecule has 0 bridgehead atoms. The highest BCUT2D eigenvalue weighted by atomic mass is 35.5. The first kappa shape index (κ1) is 23.7. The van der Waals surface area contributed by atoms with Crippen molar-refractivity contribution in [2.24, 2.45) is 0 Å². The summed E-state index contributed by atoms with van der Waals surface area (Å²) < 4.78 is 13.6. The predicted octanol–water partition coefficient (Wildman–Crippen LogP) is 8.02. The molecule has 0 saturated heterocycles. The number of halogens is 1. The topological polar surface area (TPSA) is 36.3 Å². The second-order valence-corrected chi connectivity index (χ2v) is 8.73. The Hall–Kier alpha value is -4.02. The Morgan fingerprint density at radius 3 is 1.89 bits per heavy atom. The van der Waals surface area contributed by atoms with Crippen LogP contribution >= 0.6 is 11.6 Å². The normalized spacial score (nSPS) is 10.8. The van der Waals surface area contributed by atoms with Gasteiger partial charge in [0.05, 0.1) is 23.9 Å². The van der Waals surface area contributed by atoms with E-state index in [0.29, 0.717) is 30.5 Å². The third-order valence-corrected chi connectivity index (χ3v) is 6.22. The van der Waals surface area contributed by atoms with E-state index in [1.807, 2.05) is 84.4 Å². The molecule has 0 saturated carbocycles. The van der Waals surface area contributed by atoms with Gasteiger partial charge in [0.15, 0.2) is 0 Å². The van der Waals surface area contributed by atoms with E-state index in [4.69, 9.17) is 26.2 Å². The first-order valence-corrected chi connectivity index (χ1v) is 12.4. The molecule has 5 heteroatoms. The summed E-state index contributed by atoms with van der Waals surface area (Å²) in [5, 5.41) is 5.29. The van der Waals surface area contributed by atoms with Crippen LogP contribution in [-0.4, -0.2) is 23.0 Å². The summed E-state index contributed by atoms with van der Waals surface area (Å²) in [7, 11) is 0. The molecule has 180 valence electrons. The van der Waals surface area contributed by atoms with Crippen molar-refractivity contribution in [1.82, 2.24) is 9.78 Å². The van der Waals surface area contributed by atoms with Crippen molar-refractivity contribution in [2.75, 3.05) is 13.2 Å². The minimum atomic E-state index is 0.417. The summed E-state index contributed by atoms with van der Waals surface area (Å²) in [4.78, 5) is 0. The van der Waals surface area contributed by atoms with Crippen molar-refractivity contribution in [2.45, 2.75) is 13.5 Å². The molecule has 4 nitrogen and oxygen atoms in total. The number of aromatic nitrogens is 2. The van der Waals surface area contributed by atoms with E-state index in [9.17, 15) is 0 Å². The summed E-state index contributed by atoms with van der Waals surface area (Å²) in [5.41, 5.74) is 6.46. The van der Waals surface area contributed by atoms with Gasteiger partial charge >= 0.3 is 0 Å². The van der Waals surface area contributed by atoms with Gasteiger partial charge in [0.1, 0.15) is 12.4 Å². The molecule has 0 N–H and O–H groups in total. The quantitative estimate of drug-likeness (QED) is 0.208. The van der Waals surface area contributed by atoms with E-state index in [1.54, 1.807) is 0 Å². The van der Waals surface area contributed by atoms with Crippen LogP contribution in [0, 0.1) is 0 Å². The summed E-state index contributed by atoms with van der Waals surface area (Å²) in [5.74, 6) is 1.37. The third kappa shape index (κ3) is 5.45. The predicted molar refractivity (Wildman–Crippen MR) is 147 cm³/mol. The van der Waals surface area contributed by atoms with Crippen LogP contribution in [0.5, 0.6) is 11.6 Å². The van der Waals surface area contributed by atoms with Gasteiger partial charge in [-0.3, -0.25) is 0 Å². The molecule has 0 spiro atoms. The third-order valence-electron chi connectivity index (χ3n) is 5.92. The van der Waals surface area contributed by atoms with E-state index in [0.717, 1.165) is 28.3 Å². The number of ether oxygens (including phenoxy) is 2. The lowest BCUT2D eigenvalue weighted by atomic mass is 10.0. The first-order chi connectivity index (χ1) is 17.7. The van der Waals surface area contributed by atoms with Crippen LogP contribution in [0.1, 0.15) is 6.92 Å². The van der Waals surface area contributed by atoms with Crippen LogP contribution in [0.4, 0.5) is 0 Å². The van der Waals surface area contributed by atoms with Crippen LogP contribution in [0.15, 0.2) is 109 Å². The average molecular weight is 495 g/mol. The number of rotatable bonds is 9. The Kier molecular flexibility index (Phi) is 7.34. The highest BCUT2D eigenvalue weighted by Gasteiger charge is 2.11. The zero-order valence-electron chi connectivity index (χ0n) is 20.1. The molecule has 5 rings (SSSR count). The van der Waals surface area contributed by atoms with E-state index in [1.165, 1.54) is 11.1 Å². The number of benzene rings is 4. The van der Waals surface area contributed by atoms with Gasteiger partial charge in [-0.05, 0) is 41.3 Å². The molecule has 0 unspecified atom stereocenters. The van der Waals surface area contributed by atoms with E-state index in [2.05, 4.69) is 36.4 Å². The Morgan fingerprint density at radius 2 is 1.25 bits per heavy atom. The second kappa shape index (κ2) is 11.1. The fraction of sp³-hybridized carbons (Fsp3) is 0.129. The zero-order valence-corrected chi connectivity index (χ0v) is 20.9. The Bertz CT molecular complexity index is 1410. The fourth-order valence-electron chi connectivity index (χ4n) is 4.10. The molecule has 4 aromatic carbocycles. The molecule has 5 aromatic rings. The molecule has 0 atom stereocenters. The first-order valence-electron chi connectivity index (χ1n) is 12.1. The van der Waals surface area contributed by atoms with Crippen LogP contribution in [-0.2, 0) is 6.54 Å². The number of hydrogen-bond donors (Lipinski definition) is 0. The minimum Gasteiger partial charge on any atom is -0.490 e. The molecule has 1 heterocycles. The highest BCUT2D eigenvalue weighted by molar-refractivity contribution is 6.32. The second-order valence-electron chi connectivity index (χ2n) is 8.33. The molecule has 0 amide bonds. The van der Waals surface area contributed by atoms with Gasteiger partial charge in [0.25, 0.3) is 0 Å². The molecule has 1 aromatic heterocycles. The summed E-state index contributed by atoms with van der Waals surface area (Å²) >= 11 is 6.58. The lowest BCUT2D eigenvalue weighted by Gasteiger charge is -2.12. The Balaban J connectivity index is 1.25. The van der Waals surface area contributed by atoms with Crippen LogP contribution in [0.2, 0.25) is 5.02 Å². The van der Waals surface area contributed by atoms with Crippen molar-refractivity contribution in [3.05, 3.63) is 114 Å². The standard InChI is InChI=1S/C31H27ClN2O2/c1-2-35-31-22-29(26-11-7-4-8-12-26)33-34(31)19-20-36-30-18-17-27(21-28(30)32)25-15-13-24(14-16-25)23-9-5-3-6-10-23/h3-18,21-22H,2,19-20H2,1H3. The molecular formula is C31H27ClN2O2. The van der Waals surface area contributed by atoms with Gasteiger partial charge in [-0.25, -0.2) is 4.68 Å². The maximum atomic E-state index is 6.58. The van der Waals surface area contributed by atoms with Crippen LogP contribution in [0.3, 0.4) is 0 Å². The molecule has 0 fully saturated rings. The zero-order chi connectivity index (χ0) is 24.7. The maximum Gasteiger partial charge on any atom is 0.212 e. The molecule has 0 aliphatic heterocycles. The minimum absolute atomic E-state index is 0.417. The molecule has 0 aliphatic rings. The Morgan fingerprint density at radius 1 is 0.667 bits per heavy atom. The summed E-state index contributed by atoms with van der Waals surface area (Å²) in [6.07, 6.45) is 0. The van der Waals surface area contributed by atoms with E-state index >= 15 is 0 Å². The maximum absolute atomic E-state index is 6.58. The van der Waals surface area contributed by atoms with Gasteiger partial charge in [0.2, 0.25) is 5.88 Å². The summed E-state index contributed by atoms with van der Waals surface area (Å²) in [6, 6.07) is 36.8. The smallest absolute Gasteiger partial charge is 0.212 e. The molecular weight excluding hydrogens is 468 g/mol. The van der Waals surface area contributed by atoms with Gasteiger partial charge in [-0.1, -0.05) is 103 Å². The van der Waals surface area contributed by atoms with Crippen molar-refractivity contribution in [1.29, 1.82) is 0 Å². The van der Waals surface area contributed by atoms with Gasteiger partial charge in [-0.2, -0.15) is 5.10 Å². The average Bonchev–Trinajstić information content (AvgIpc) is 3.33. The fourth-order valence-corrected chi connectivity index (χ4v) is 4.33. The number of nitrogens with zero attached hydrogens (tertiary/aromatic N) is 2. The van der Waals surface area contributed by atoms with Crippen LogP contribution < -0.4 is 9.47 Å². The highest BCUT2D eigenvalue weighted by Crippen LogP contribution is 2.32. The van der Waals surface area contributed by atoms with Crippen molar-refractivity contribution >= 4 is 11.6 Å². The number of hydrogen-bond acceptors (Lipinski definition) is 3. The molecule has 0 aliphatic carbocycles. The van der Waals surface area contributed by atoms with E-state index < -0.39 is 0 Å². The van der Waals surface area contributed by atoms with Crippen LogP contribution in [0.25, 0.3) is 33.5 Å². The lowest BCUT2D eigenvalue weighted by Crippen LogP contribution is -2.11.